The van der Waals surface area contributed by atoms with Gasteiger partial charge in [-0.3, -0.25) is 0 Å². The molecule has 0 aliphatic heterocycles. The lowest BCUT2D eigenvalue weighted by molar-refractivity contribution is 1.26. The maximum absolute atomic E-state index is 8.71. The number of pyridine rings is 1. The van der Waals surface area contributed by atoms with Crippen molar-refractivity contribution in [3.63, 3.8) is 0 Å². The van der Waals surface area contributed by atoms with E-state index < -0.39 is 0 Å². The van der Waals surface area contributed by atoms with Crippen LogP contribution in [-0.4, -0.2) is 4.98 Å². The Bertz CT molecular complexity index is 546. The molecule has 78 valence electrons. The number of aromatic nitrogens is 1. The molecule has 0 spiro atoms. The fourth-order valence-electron chi connectivity index (χ4n) is 1.30. The van der Waals surface area contributed by atoms with Crippen LogP contribution in [0.4, 0.5) is 11.4 Å². The van der Waals surface area contributed by atoms with Crippen LogP contribution in [0.25, 0.3) is 0 Å². The van der Waals surface area contributed by atoms with E-state index >= 15 is 0 Å². The quantitative estimate of drug-likeness (QED) is 0.859. The number of benzene rings is 1. The predicted octanol–water partition coefficient (Wildman–Crippen LogP) is 3.35. The van der Waals surface area contributed by atoms with Gasteiger partial charge in [0, 0.05) is 22.6 Å². The van der Waals surface area contributed by atoms with Crippen molar-refractivity contribution in [1.29, 1.82) is 5.26 Å². The number of halogens is 1. The van der Waals surface area contributed by atoms with E-state index in [0.29, 0.717) is 10.7 Å². The molecule has 0 aliphatic carbocycles. The molecule has 0 atom stereocenters. The van der Waals surface area contributed by atoms with E-state index in [1.807, 2.05) is 24.3 Å². The highest BCUT2D eigenvalue weighted by Crippen LogP contribution is 2.19. The molecule has 1 aromatic carbocycles. The van der Waals surface area contributed by atoms with Crippen LogP contribution < -0.4 is 5.32 Å². The third-order valence-electron chi connectivity index (χ3n) is 1.99. The number of nitrogens with one attached hydrogen (secondary N) is 1. The molecule has 0 saturated carbocycles. The van der Waals surface area contributed by atoms with Gasteiger partial charge in [0.15, 0.2) is 0 Å². The van der Waals surface area contributed by atoms with Crippen molar-refractivity contribution < 1.29 is 0 Å². The minimum absolute atomic E-state index is 0.382. The SMILES string of the molecule is N#Cc1cc(Nc2cccc(Cl)c2)ccn1. The zero-order valence-electron chi connectivity index (χ0n) is 8.31. The lowest BCUT2D eigenvalue weighted by atomic mass is 10.3. The minimum atomic E-state index is 0.382. The van der Waals surface area contributed by atoms with E-state index in [1.54, 1.807) is 24.4 Å². The molecule has 0 radical (unpaired) electrons. The van der Waals surface area contributed by atoms with Crippen LogP contribution in [0.15, 0.2) is 42.6 Å². The Hall–Kier alpha value is -2.05. The molecule has 0 fully saturated rings. The third kappa shape index (κ3) is 2.50. The fourth-order valence-corrected chi connectivity index (χ4v) is 1.49. The molecule has 1 aromatic heterocycles. The summed E-state index contributed by atoms with van der Waals surface area (Å²) in [6.45, 7) is 0. The Kier molecular flexibility index (Phi) is 3.04. The lowest BCUT2D eigenvalue weighted by Gasteiger charge is -2.06. The average molecular weight is 230 g/mol. The third-order valence-corrected chi connectivity index (χ3v) is 2.22. The number of hydrogen-bond acceptors (Lipinski definition) is 3. The highest BCUT2D eigenvalue weighted by Gasteiger charge is 1.97. The number of rotatable bonds is 2. The highest BCUT2D eigenvalue weighted by atomic mass is 35.5. The summed E-state index contributed by atoms with van der Waals surface area (Å²) in [5.41, 5.74) is 2.07. The summed E-state index contributed by atoms with van der Waals surface area (Å²) in [5, 5.41) is 12.5. The molecular formula is C12H8ClN3. The molecule has 3 nitrogen and oxygen atoms in total. The van der Waals surface area contributed by atoms with Gasteiger partial charge in [-0.2, -0.15) is 5.26 Å². The summed E-state index contributed by atoms with van der Waals surface area (Å²) in [5.74, 6) is 0. The Morgan fingerprint density at radius 1 is 1.19 bits per heavy atom. The van der Waals surface area contributed by atoms with Crippen molar-refractivity contribution in [1.82, 2.24) is 4.98 Å². The number of nitrogens with zero attached hydrogens (tertiary/aromatic N) is 2. The Morgan fingerprint density at radius 3 is 2.75 bits per heavy atom. The van der Waals surface area contributed by atoms with Gasteiger partial charge < -0.3 is 5.32 Å². The normalized spacial score (nSPS) is 9.50. The summed E-state index contributed by atoms with van der Waals surface area (Å²) < 4.78 is 0. The zero-order valence-corrected chi connectivity index (χ0v) is 9.07. The smallest absolute Gasteiger partial charge is 0.142 e. The van der Waals surface area contributed by atoms with E-state index in [-0.39, 0.29) is 0 Å². The van der Waals surface area contributed by atoms with E-state index in [9.17, 15) is 0 Å². The minimum Gasteiger partial charge on any atom is -0.355 e. The van der Waals surface area contributed by atoms with Crippen LogP contribution in [0.3, 0.4) is 0 Å². The summed E-state index contributed by atoms with van der Waals surface area (Å²) in [6, 6.07) is 12.8. The van der Waals surface area contributed by atoms with Crippen LogP contribution in [-0.2, 0) is 0 Å². The first kappa shape index (κ1) is 10.5. The molecule has 0 aliphatic rings. The van der Waals surface area contributed by atoms with Crippen molar-refractivity contribution in [2.75, 3.05) is 5.32 Å². The van der Waals surface area contributed by atoms with Crippen LogP contribution in [0.1, 0.15) is 5.69 Å². The largest absolute Gasteiger partial charge is 0.355 e. The molecule has 0 saturated heterocycles. The van der Waals surface area contributed by atoms with Gasteiger partial charge in [-0.25, -0.2) is 4.98 Å². The fraction of sp³-hybridized carbons (Fsp3) is 0. The van der Waals surface area contributed by atoms with E-state index in [4.69, 9.17) is 16.9 Å². The van der Waals surface area contributed by atoms with Gasteiger partial charge in [0.1, 0.15) is 11.8 Å². The molecule has 0 amide bonds. The molecule has 4 heteroatoms. The standard InChI is InChI=1S/C12H8ClN3/c13-9-2-1-3-10(6-9)16-11-4-5-15-12(7-11)8-14/h1-7H,(H,15,16). The predicted molar refractivity (Wildman–Crippen MR) is 63.7 cm³/mol. The molecule has 0 unspecified atom stereocenters. The van der Waals surface area contributed by atoms with E-state index in [0.717, 1.165) is 11.4 Å². The maximum Gasteiger partial charge on any atom is 0.142 e. The monoisotopic (exact) mass is 229 g/mol. The topological polar surface area (TPSA) is 48.7 Å². The molecule has 1 heterocycles. The van der Waals surface area contributed by atoms with Gasteiger partial charge in [-0.15, -0.1) is 0 Å². The zero-order chi connectivity index (χ0) is 11.4. The van der Waals surface area contributed by atoms with Gasteiger partial charge >= 0.3 is 0 Å². The van der Waals surface area contributed by atoms with Crippen molar-refractivity contribution in [3.05, 3.63) is 53.3 Å². The molecule has 2 aromatic rings. The van der Waals surface area contributed by atoms with Gasteiger partial charge in [0.2, 0.25) is 0 Å². The van der Waals surface area contributed by atoms with Gasteiger partial charge in [0.25, 0.3) is 0 Å². The van der Waals surface area contributed by atoms with Crippen molar-refractivity contribution in [2.24, 2.45) is 0 Å². The van der Waals surface area contributed by atoms with E-state index in [2.05, 4.69) is 10.3 Å². The second-order valence-corrected chi connectivity index (χ2v) is 3.61. The van der Waals surface area contributed by atoms with Crippen LogP contribution >= 0.6 is 11.6 Å². The first-order valence-corrected chi connectivity index (χ1v) is 5.04. The summed E-state index contributed by atoms with van der Waals surface area (Å²) in [7, 11) is 0. The number of nitriles is 1. The summed E-state index contributed by atoms with van der Waals surface area (Å²) >= 11 is 5.86. The lowest BCUT2D eigenvalue weighted by Crippen LogP contribution is -1.91. The van der Waals surface area contributed by atoms with Crippen LogP contribution in [0.2, 0.25) is 5.02 Å². The maximum atomic E-state index is 8.71. The van der Waals surface area contributed by atoms with Gasteiger partial charge in [0.05, 0.1) is 0 Å². The van der Waals surface area contributed by atoms with Gasteiger partial charge in [-0.1, -0.05) is 17.7 Å². The molecule has 2 rings (SSSR count). The van der Waals surface area contributed by atoms with E-state index in [1.165, 1.54) is 0 Å². The van der Waals surface area contributed by atoms with Crippen molar-refractivity contribution >= 4 is 23.0 Å². The van der Waals surface area contributed by atoms with Crippen molar-refractivity contribution in [3.8, 4) is 6.07 Å². The average Bonchev–Trinajstić information content (AvgIpc) is 2.29. The Balaban J connectivity index is 2.24. The van der Waals surface area contributed by atoms with Crippen LogP contribution in [0.5, 0.6) is 0 Å². The summed E-state index contributed by atoms with van der Waals surface area (Å²) in [6.07, 6.45) is 1.59. The van der Waals surface area contributed by atoms with Gasteiger partial charge in [-0.05, 0) is 30.3 Å². The molecule has 0 bridgehead atoms. The second-order valence-electron chi connectivity index (χ2n) is 3.18. The Labute approximate surface area is 98.3 Å². The highest BCUT2D eigenvalue weighted by molar-refractivity contribution is 6.30. The number of hydrogen-bond donors (Lipinski definition) is 1. The first-order valence-electron chi connectivity index (χ1n) is 4.67. The van der Waals surface area contributed by atoms with Crippen LogP contribution in [0, 0.1) is 11.3 Å². The number of anilines is 2. The first-order chi connectivity index (χ1) is 7.78. The van der Waals surface area contributed by atoms with Crippen molar-refractivity contribution in [2.45, 2.75) is 0 Å². The molecule has 16 heavy (non-hydrogen) atoms. The second kappa shape index (κ2) is 4.65. The molecular weight excluding hydrogens is 222 g/mol. The Morgan fingerprint density at radius 2 is 2.00 bits per heavy atom. The molecule has 1 N–H and O–H groups in total. The summed E-state index contributed by atoms with van der Waals surface area (Å²) in [4.78, 5) is 3.89.